The fraction of sp³-hybridized carbons (Fsp3) is 0.583. The van der Waals surface area contributed by atoms with Crippen molar-refractivity contribution in [2.45, 2.75) is 45.4 Å². The molecule has 0 aliphatic rings. The number of rotatable bonds is 5. The van der Waals surface area contributed by atoms with Crippen LogP contribution >= 0.6 is 11.6 Å². The number of carboxylic acid groups (broad SMARTS) is 1. The molecule has 0 unspecified atom stereocenters. The van der Waals surface area contributed by atoms with Gasteiger partial charge in [0.1, 0.15) is 5.82 Å². The van der Waals surface area contributed by atoms with Crippen molar-refractivity contribution in [3.8, 4) is 0 Å². The molecule has 0 aromatic carbocycles. The molecule has 2 atom stereocenters. The average molecular weight is 288 g/mol. The third kappa shape index (κ3) is 5.40. The van der Waals surface area contributed by atoms with E-state index in [1.54, 1.807) is 13.0 Å². The number of halogens is 1. The summed E-state index contributed by atoms with van der Waals surface area (Å²) in [6.45, 7) is 7.29. The van der Waals surface area contributed by atoms with E-state index in [0.717, 1.165) is 0 Å². The fourth-order valence-corrected chi connectivity index (χ4v) is 1.73. The third-order valence-electron chi connectivity index (χ3n) is 2.20. The van der Waals surface area contributed by atoms with Gasteiger partial charge in [0.15, 0.2) is 6.04 Å². The number of ether oxygens (including phenoxy) is 1. The van der Waals surface area contributed by atoms with Gasteiger partial charge in [-0.05, 0) is 45.4 Å². The van der Waals surface area contributed by atoms with Crippen molar-refractivity contribution in [1.29, 1.82) is 0 Å². The molecular formula is C12H18ClN3O3. The van der Waals surface area contributed by atoms with E-state index in [9.17, 15) is 9.90 Å². The lowest BCUT2D eigenvalue weighted by Crippen LogP contribution is -2.44. The van der Waals surface area contributed by atoms with Crippen LogP contribution in [0.5, 0.6) is 0 Å². The molecular weight excluding hydrogens is 270 g/mol. The monoisotopic (exact) mass is 287 g/mol. The van der Waals surface area contributed by atoms with E-state index in [1.807, 2.05) is 20.8 Å². The summed E-state index contributed by atoms with van der Waals surface area (Å²) in [5, 5.41) is 12.1. The molecule has 0 saturated carbocycles. The highest BCUT2D eigenvalue weighted by Gasteiger charge is 2.29. The highest BCUT2D eigenvalue weighted by atomic mass is 35.5. The minimum absolute atomic E-state index is 0.0542. The van der Waals surface area contributed by atoms with Gasteiger partial charge >= 0.3 is 5.97 Å². The molecule has 7 heteroatoms. The number of hydrogen-bond acceptors (Lipinski definition) is 5. The molecule has 19 heavy (non-hydrogen) atoms. The average Bonchev–Trinajstić information content (AvgIpc) is 2.23. The van der Waals surface area contributed by atoms with Gasteiger partial charge in [-0.1, -0.05) is 0 Å². The van der Waals surface area contributed by atoms with Crippen LogP contribution in [-0.2, 0) is 9.53 Å². The Kier molecular flexibility index (Phi) is 5.08. The minimum Gasteiger partial charge on any atom is -0.480 e. The first kappa shape index (κ1) is 15.7. The first-order valence-electron chi connectivity index (χ1n) is 5.85. The summed E-state index contributed by atoms with van der Waals surface area (Å²) in [7, 11) is 0. The maximum absolute atomic E-state index is 11.3. The van der Waals surface area contributed by atoms with E-state index in [4.69, 9.17) is 16.3 Å². The standard InChI is InChI=1S/C12H18ClN3O3/c1-7(19-12(2,3)4)9(10(17)18)15-8-5-6-14-11(13)16-8/h5-7,9H,1-4H3,(H,17,18)(H,14,15,16)/t7-,9+/m1/s1. The molecule has 0 spiro atoms. The summed E-state index contributed by atoms with van der Waals surface area (Å²) in [5.41, 5.74) is -0.432. The molecule has 1 rings (SSSR count). The molecule has 1 heterocycles. The normalized spacial score (nSPS) is 14.8. The van der Waals surface area contributed by atoms with Crippen LogP contribution in [0.3, 0.4) is 0 Å². The summed E-state index contributed by atoms with van der Waals surface area (Å²) in [6, 6.07) is 0.622. The van der Waals surface area contributed by atoms with Gasteiger partial charge in [-0.15, -0.1) is 0 Å². The molecule has 0 aliphatic carbocycles. The number of carbonyl (C=O) groups is 1. The Morgan fingerprint density at radius 1 is 1.53 bits per heavy atom. The van der Waals surface area contributed by atoms with Crippen molar-refractivity contribution in [2.75, 3.05) is 5.32 Å². The lowest BCUT2D eigenvalue weighted by molar-refractivity contribution is -0.144. The molecule has 0 amide bonds. The summed E-state index contributed by atoms with van der Waals surface area (Å²) in [4.78, 5) is 18.9. The SMILES string of the molecule is C[C@@H](OC(C)(C)C)[C@H](Nc1ccnc(Cl)n1)C(=O)O. The van der Waals surface area contributed by atoms with Gasteiger partial charge in [0, 0.05) is 6.20 Å². The Morgan fingerprint density at radius 2 is 2.16 bits per heavy atom. The lowest BCUT2D eigenvalue weighted by atomic mass is 10.1. The van der Waals surface area contributed by atoms with Crippen LogP contribution < -0.4 is 5.32 Å². The van der Waals surface area contributed by atoms with Crippen LogP contribution in [0.4, 0.5) is 5.82 Å². The molecule has 0 bridgehead atoms. The second-order valence-electron chi connectivity index (χ2n) is 5.11. The van der Waals surface area contributed by atoms with Crippen LogP contribution in [-0.4, -0.2) is 38.8 Å². The molecule has 6 nitrogen and oxygen atoms in total. The Balaban J connectivity index is 2.81. The zero-order valence-electron chi connectivity index (χ0n) is 11.3. The fourth-order valence-electron chi connectivity index (χ4n) is 1.58. The Bertz CT molecular complexity index is 448. The van der Waals surface area contributed by atoms with Gasteiger partial charge in [-0.2, -0.15) is 0 Å². The Labute approximate surface area is 117 Å². The number of nitrogens with one attached hydrogen (secondary N) is 1. The van der Waals surface area contributed by atoms with Crippen LogP contribution in [0.15, 0.2) is 12.3 Å². The first-order chi connectivity index (χ1) is 8.69. The van der Waals surface area contributed by atoms with E-state index >= 15 is 0 Å². The maximum atomic E-state index is 11.3. The van der Waals surface area contributed by atoms with E-state index in [0.29, 0.717) is 5.82 Å². The number of aliphatic carboxylic acids is 1. The smallest absolute Gasteiger partial charge is 0.328 e. The second-order valence-corrected chi connectivity index (χ2v) is 5.44. The summed E-state index contributed by atoms with van der Waals surface area (Å²) in [6.07, 6.45) is 0.914. The van der Waals surface area contributed by atoms with Crippen LogP contribution in [0.25, 0.3) is 0 Å². The van der Waals surface area contributed by atoms with Crippen LogP contribution in [0, 0.1) is 0 Å². The summed E-state index contributed by atoms with van der Waals surface area (Å²) < 4.78 is 5.64. The van der Waals surface area contributed by atoms with E-state index < -0.39 is 23.7 Å². The lowest BCUT2D eigenvalue weighted by Gasteiger charge is -2.29. The van der Waals surface area contributed by atoms with Crippen LogP contribution in [0.2, 0.25) is 5.28 Å². The Morgan fingerprint density at radius 3 is 2.63 bits per heavy atom. The van der Waals surface area contributed by atoms with Gasteiger partial charge in [-0.25, -0.2) is 14.8 Å². The first-order valence-corrected chi connectivity index (χ1v) is 6.22. The number of hydrogen-bond donors (Lipinski definition) is 2. The zero-order chi connectivity index (χ0) is 14.6. The summed E-state index contributed by atoms with van der Waals surface area (Å²) in [5.74, 6) is -0.678. The zero-order valence-corrected chi connectivity index (χ0v) is 12.1. The maximum Gasteiger partial charge on any atom is 0.328 e. The predicted octanol–water partition coefficient (Wildman–Crippen LogP) is 2.20. The molecule has 106 valence electrons. The molecule has 0 radical (unpaired) electrons. The topological polar surface area (TPSA) is 84.3 Å². The van der Waals surface area contributed by atoms with E-state index in [2.05, 4.69) is 15.3 Å². The van der Waals surface area contributed by atoms with Crippen molar-refractivity contribution in [3.63, 3.8) is 0 Å². The van der Waals surface area contributed by atoms with Crippen molar-refractivity contribution >= 4 is 23.4 Å². The molecule has 2 N–H and O–H groups in total. The van der Waals surface area contributed by atoms with Gasteiger partial charge in [-0.3, -0.25) is 0 Å². The third-order valence-corrected chi connectivity index (χ3v) is 2.39. The van der Waals surface area contributed by atoms with E-state index in [1.165, 1.54) is 6.20 Å². The van der Waals surface area contributed by atoms with Crippen molar-refractivity contribution in [3.05, 3.63) is 17.5 Å². The Hall–Kier alpha value is -1.40. The highest BCUT2D eigenvalue weighted by molar-refractivity contribution is 6.28. The van der Waals surface area contributed by atoms with Gasteiger partial charge in [0.25, 0.3) is 0 Å². The molecule has 1 aromatic rings. The van der Waals surface area contributed by atoms with Crippen molar-refractivity contribution in [2.24, 2.45) is 0 Å². The van der Waals surface area contributed by atoms with Gasteiger partial charge in [0.2, 0.25) is 5.28 Å². The molecule has 0 fully saturated rings. The summed E-state index contributed by atoms with van der Waals surface area (Å²) >= 11 is 5.65. The minimum atomic E-state index is -1.02. The number of aromatic nitrogens is 2. The number of carboxylic acids is 1. The second kappa shape index (κ2) is 6.16. The van der Waals surface area contributed by atoms with Gasteiger partial charge < -0.3 is 15.2 Å². The number of nitrogens with zero attached hydrogens (tertiary/aromatic N) is 2. The quantitative estimate of drug-likeness (QED) is 0.808. The van der Waals surface area contributed by atoms with Crippen LogP contribution in [0.1, 0.15) is 27.7 Å². The number of anilines is 1. The molecule has 0 saturated heterocycles. The van der Waals surface area contributed by atoms with Crippen molar-refractivity contribution < 1.29 is 14.6 Å². The van der Waals surface area contributed by atoms with Gasteiger partial charge in [0.05, 0.1) is 11.7 Å². The predicted molar refractivity (Wildman–Crippen MR) is 72.4 cm³/mol. The highest BCUT2D eigenvalue weighted by Crippen LogP contribution is 2.16. The van der Waals surface area contributed by atoms with E-state index in [-0.39, 0.29) is 5.28 Å². The van der Waals surface area contributed by atoms with Crippen molar-refractivity contribution in [1.82, 2.24) is 9.97 Å². The molecule has 1 aromatic heterocycles. The largest absolute Gasteiger partial charge is 0.480 e. The molecule has 0 aliphatic heterocycles.